The summed E-state index contributed by atoms with van der Waals surface area (Å²) >= 11 is 1.82. The number of carbonyl (C=O) groups is 1. The molecule has 1 amide bonds. The number of hydrogen-bond donors (Lipinski definition) is 3. The maximum Gasteiger partial charge on any atom is 0.224 e. The molecule has 0 atom stereocenters. The molecule has 0 aliphatic rings. The number of carbonyl (C=O) groups excluding carboxylic acids is 1. The first-order chi connectivity index (χ1) is 13.2. The molecule has 5 nitrogen and oxygen atoms in total. The van der Waals surface area contributed by atoms with Crippen LogP contribution in [0, 0.1) is 0 Å². The Balaban J connectivity index is 1.69. The van der Waals surface area contributed by atoms with E-state index >= 15 is 0 Å². The first kappa shape index (κ1) is 20.8. The lowest BCUT2D eigenvalue weighted by molar-refractivity contribution is -0.116. The lowest BCUT2D eigenvalue weighted by atomic mass is 10.2. The van der Waals surface area contributed by atoms with Gasteiger partial charge in [0.2, 0.25) is 5.91 Å². The van der Waals surface area contributed by atoms with E-state index in [1.165, 1.54) is 4.90 Å². The zero-order valence-electron chi connectivity index (χ0n) is 16.0. The number of aliphatic imine (C=N–C) groups is 1. The van der Waals surface area contributed by atoms with Crippen molar-refractivity contribution in [3.8, 4) is 0 Å². The summed E-state index contributed by atoms with van der Waals surface area (Å²) in [6.07, 6.45) is 1.40. The SMILES string of the molecule is CCCC(=O)Nc1ccc(CNC(=NC)NCCSc2ccccc2)cc1. The Morgan fingerprint density at radius 3 is 2.44 bits per heavy atom. The molecular weight excluding hydrogens is 356 g/mol. The van der Waals surface area contributed by atoms with Gasteiger partial charge in [-0.2, -0.15) is 0 Å². The number of nitrogens with zero attached hydrogens (tertiary/aromatic N) is 1. The predicted molar refractivity (Wildman–Crippen MR) is 115 cm³/mol. The third kappa shape index (κ3) is 8.17. The lowest BCUT2D eigenvalue weighted by Gasteiger charge is -2.12. The number of amides is 1. The molecule has 2 aromatic carbocycles. The van der Waals surface area contributed by atoms with Gasteiger partial charge in [0.1, 0.15) is 0 Å². The van der Waals surface area contributed by atoms with E-state index < -0.39 is 0 Å². The van der Waals surface area contributed by atoms with Crippen molar-refractivity contribution in [2.45, 2.75) is 31.2 Å². The summed E-state index contributed by atoms with van der Waals surface area (Å²) in [5.74, 6) is 1.81. The average molecular weight is 385 g/mol. The van der Waals surface area contributed by atoms with E-state index in [4.69, 9.17) is 0 Å². The fourth-order valence-corrected chi connectivity index (χ4v) is 3.21. The molecule has 0 bridgehead atoms. The largest absolute Gasteiger partial charge is 0.356 e. The Kier molecular flexibility index (Phi) is 9.27. The van der Waals surface area contributed by atoms with E-state index in [0.717, 1.165) is 35.9 Å². The smallest absolute Gasteiger partial charge is 0.224 e. The first-order valence-corrected chi connectivity index (χ1v) is 10.2. The molecule has 0 saturated carbocycles. The molecule has 0 heterocycles. The van der Waals surface area contributed by atoms with Gasteiger partial charge in [-0.3, -0.25) is 9.79 Å². The molecule has 27 heavy (non-hydrogen) atoms. The summed E-state index contributed by atoms with van der Waals surface area (Å²) in [4.78, 5) is 17.1. The summed E-state index contributed by atoms with van der Waals surface area (Å²) in [6.45, 7) is 3.51. The second-order valence-corrected chi connectivity index (χ2v) is 7.18. The van der Waals surface area contributed by atoms with Crippen LogP contribution in [-0.4, -0.2) is 31.2 Å². The zero-order valence-corrected chi connectivity index (χ0v) is 16.8. The van der Waals surface area contributed by atoms with E-state index in [-0.39, 0.29) is 5.91 Å². The molecule has 6 heteroatoms. The number of thioether (sulfide) groups is 1. The molecule has 0 unspecified atom stereocenters. The monoisotopic (exact) mass is 384 g/mol. The van der Waals surface area contributed by atoms with Crippen molar-refractivity contribution in [1.82, 2.24) is 10.6 Å². The van der Waals surface area contributed by atoms with Gasteiger partial charge >= 0.3 is 0 Å². The molecule has 3 N–H and O–H groups in total. The molecule has 144 valence electrons. The number of hydrogen-bond acceptors (Lipinski definition) is 3. The Labute approximate surface area is 166 Å². The fourth-order valence-electron chi connectivity index (χ4n) is 2.42. The second kappa shape index (κ2) is 12.0. The van der Waals surface area contributed by atoms with Crippen LogP contribution in [0.4, 0.5) is 5.69 Å². The Morgan fingerprint density at radius 2 is 1.78 bits per heavy atom. The summed E-state index contributed by atoms with van der Waals surface area (Å²) in [6, 6.07) is 18.2. The quantitative estimate of drug-likeness (QED) is 0.266. The maximum atomic E-state index is 11.6. The standard InChI is InChI=1S/C21H28N4OS/c1-3-7-20(26)25-18-12-10-17(11-13-18)16-24-21(22-2)23-14-15-27-19-8-5-4-6-9-19/h4-6,8-13H,3,7,14-16H2,1-2H3,(H,25,26)(H2,22,23,24). The van der Waals surface area contributed by atoms with Crippen LogP contribution < -0.4 is 16.0 Å². The lowest BCUT2D eigenvalue weighted by Crippen LogP contribution is -2.37. The third-order valence-electron chi connectivity index (χ3n) is 3.80. The van der Waals surface area contributed by atoms with Gasteiger partial charge < -0.3 is 16.0 Å². The molecule has 2 aromatic rings. The van der Waals surface area contributed by atoms with Crippen LogP contribution >= 0.6 is 11.8 Å². The molecule has 0 aliphatic heterocycles. The number of nitrogens with one attached hydrogen (secondary N) is 3. The van der Waals surface area contributed by atoms with Crippen LogP contribution in [0.2, 0.25) is 0 Å². The highest BCUT2D eigenvalue weighted by atomic mass is 32.2. The van der Waals surface area contributed by atoms with Crippen LogP contribution in [0.1, 0.15) is 25.3 Å². The van der Waals surface area contributed by atoms with Crippen molar-refractivity contribution >= 4 is 29.3 Å². The molecule has 2 rings (SSSR count). The van der Waals surface area contributed by atoms with Crippen LogP contribution in [0.3, 0.4) is 0 Å². The molecular formula is C21H28N4OS. The first-order valence-electron chi connectivity index (χ1n) is 9.22. The Bertz CT molecular complexity index is 717. The highest BCUT2D eigenvalue weighted by Crippen LogP contribution is 2.15. The van der Waals surface area contributed by atoms with Crippen molar-refractivity contribution in [2.24, 2.45) is 4.99 Å². The zero-order chi connectivity index (χ0) is 19.3. The topological polar surface area (TPSA) is 65.5 Å². The van der Waals surface area contributed by atoms with Gasteiger partial charge in [0.15, 0.2) is 5.96 Å². The third-order valence-corrected chi connectivity index (χ3v) is 4.82. The molecule has 0 radical (unpaired) electrons. The summed E-state index contributed by atoms with van der Waals surface area (Å²) in [5.41, 5.74) is 1.96. The van der Waals surface area contributed by atoms with Gasteiger partial charge in [0, 0.05) is 42.9 Å². The highest BCUT2D eigenvalue weighted by molar-refractivity contribution is 7.99. The number of rotatable bonds is 9. The normalized spacial score (nSPS) is 11.1. The summed E-state index contributed by atoms with van der Waals surface area (Å²) in [5, 5.41) is 9.53. The minimum atomic E-state index is 0.0568. The van der Waals surface area contributed by atoms with Crippen molar-refractivity contribution < 1.29 is 4.79 Å². The van der Waals surface area contributed by atoms with Gasteiger partial charge in [0.25, 0.3) is 0 Å². The molecule has 0 fully saturated rings. The Hall–Kier alpha value is -2.47. The van der Waals surface area contributed by atoms with Crippen LogP contribution in [0.25, 0.3) is 0 Å². The van der Waals surface area contributed by atoms with Crippen LogP contribution in [0.15, 0.2) is 64.5 Å². The minimum Gasteiger partial charge on any atom is -0.356 e. The van der Waals surface area contributed by atoms with Gasteiger partial charge in [0.05, 0.1) is 0 Å². The van der Waals surface area contributed by atoms with Crippen LogP contribution in [-0.2, 0) is 11.3 Å². The molecule has 0 aromatic heterocycles. The van der Waals surface area contributed by atoms with E-state index in [9.17, 15) is 4.79 Å². The summed E-state index contributed by atoms with van der Waals surface area (Å²) in [7, 11) is 1.77. The maximum absolute atomic E-state index is 11.6. The number of guanidine groups is 1. The minimum absolute atomic E-state index is 0.0568. The van der Waals surface area contributed by atoms with Crippen molar-refractivity contribution in [1.29, 1.82) is 0 Å². The highest BCUT2D eigenvalue weighted by Gasteiger charge is 2.02. The summed E-state index contributed by atoms with van der Waals surface area (Å²) < 4.78 is 0. The van der Waals surface area contributed by atoms with Crippen LogP contribution in [0.5, 0.6) is 0 Å². The van der Waals surface area contributed by atoms with Gasteiger partial charge in [-0.1, -0.05) is 37.3 Å². The predicted octanol–water partition coefficient (Wildman–Crippen LogP) is 3.88. The molecule has 0 spiro atoms. The van der Waals surface area contributed by atoms with Crippen molar-refractivity contribution in [3.05, 3.63) is 60.2 Å². The number of benzene rings is 2. The molecule has 0 saturated heterocycles. The van der Waals surface area contributed by atoms with Gasteiger partial charge in [-0.25, -0.2) is 0 Å². The van der Waals surface area contributed by atoms with E-state index in [1.807, 2.05) is 49.0 Å². The molecule has 0 aliphatic carbocycles. The fraction of sp³-hybridized carbons (Fsp3) is 0.333. The van der Waals surface area contributed by atoms with Crippen molar-refractivity contribution in [2.75, 3.05) is 24.7 Å². The van der Waals surface area contributed by atoms with E-state index in [1.54, 1.807) is 7.05 Å². The van der Waals surface area contributed by atoms with Gasteiger partial charge in [-0.05, 0) is 36.2 Å². The van der Waals surface area contributed by atoms with E-state index in [2.05, 4.69) is 45.2 Å². The van der Waals surface area contributed by atoms with E-state index in [0.29, 0.717) is 13.0 Å². The Morgan fingerprint density at radius 1 is 1.04 bits per heavy atom. The van der Waals surface area contributed by atoms with Crippen molar-refractivity contribution in [3.63, 3.8) is 0 Å². The van der Waals surface area contributed by atoms with Gasteiger partial charge in [-0.15, -0.1) is 11.8 Å². The average Bonchev–Trinajstić information content (AvgIpc) is 2.69. The number of anilines is 1. The second-order valence-electron chi connectivity index (χ2n) is 6.01.